The zero-order valence-electron chi connectivity index (χ0n) is 16.9. The van der Waals surface area contributed by atoms with Crippen LogP contribution >= 0.6 is 0 Å². The molecule has 0 radical (unpaired) electrons. The van der Waals surface area contributed by atoms with Gasteiger partial charge in [-0.25, -0.2) is 4.98 Å². The molecule has 3 atom stereocenters. The van der Waals surface area contributed by atoms with E-state index in [9.17, 15) is 14.3 Å². The Morgan fingerprint density at radius 3 is 2.73 bits per heavy atom. The number of carbonyl (C=O) groups is 1. The van der Waals surface area contributed by atoms with E-state index in [2.05, 4.69) is 15.0 Å². The lowest BCUT2D eigenvalue weighted by Crippen LogP contribution is -2.47. The third kappa shape index (κ3) is 2.96. The van der Waals surface area contributed by atoms with E-state index in [0.717, 1.165) is 44.4 Å². The zero-order valence-corrected chi connectivity index (χ0v) is 16.9. The highest BCUT2D eigenvalue weighted by Crippen LogP contribution is 2.52. The van der Waals surface area contributed by atoms with Crippen LogP contribution < -0.4 is 5.73 Å². The molecule has 1 aliphatic heterocycles. The van der Waals surface area contributed by atoms with Gasteiger partial charge in [0, 0.05) is 6.42 Å². The molecule has 2 aromatic heterocycles. The van der Waals surface area contributed by atoms with Gasteiger partial charge in [-0.1, -0.05) is 0 Å². The van der Waals surface area contributed by atoms with Crippen LogP contribution in [0.25, 0.3) is 11.2 Å². The lowest BCUT2D eigenvalue weighted by molar-refractivity contribution is -0.181. The molecule has 4 fully saturated rings. The van der Waals surface area contributed by atoms with Crippen LogP contribution in [0.4, 0.5) is 10.2 Å². The molecule has 6 rings (SSSR count). The molecule has 0 amide bonds. The van der Waals surface area contributed by atoms with E-state index in [1.807, 2.05) is 0 Å². The lowest BCUT2D eigenvalue weighted by Gasteiger charge is -2.45. The number of rotatable bonds is 4. The summed E-state index contributed by atoms with van der Waals surface area (Å²) in [5.74, 6) is 0.489. The number of anilines is 1. The predicted octanol–water partition coefficient (Wildman–Crippen LogP) is 2.10. The number of aliphatic hydroxyl groups excluding tert-OH is 1. The molecule has 9 nitrogen and oxygen atoms in total. The van der Waals surface area contributed by atoms with E-state index in [-0.39, 0.29) is 29.6 Å². The van der Waals surface area contributed by atoms with Gasteiger partial charge < -0.3 is 20.3 Å². The molecular formula is C20H26FN5O4. The quantitative estimate of drug-likeness (QED) is 0.570. The normalized spacial score (nSPS) is 35.8. The average Bonchev–Trinajstić information content (AvgIpc) is 3.31. The number of esters is 1. The van der Waals surface area contributed by atoms with Gasteiger partial charge in [0.2, 0.25) is 0 Å². The number of aliphatic hydroxyl groups is 1. The van der Waals surface area contributed by atoms with Crippen molar-refractivity contribution >= 4 is 23.0 Å². The summed E-state index contributed by atoms with van der Waals surface area (Å²) in [5.41, 5.74) is 4.71. The first-order chi connectivity index (χ1) is 14.3. The Morgan fingerprint density at radius 1 is 1.37 bits per heavy atom. The number of fused-ring (bicyclic) bond motifs is 4. The monoisotopic (exact) mass is 419 g/mol. The van der Waals surface area contributed by atoms with E-state index in [0.29, 0.717) is 6.42 Å². The number of nitrogen functional groups attached to an aromatic ring is 1. The van der Waals surface area contributed by atoms with Crippen LogP contribution in [0.15, 0.2) is 6.33 Å². The summed E-state index contributed by atoms with van der Waals surface area (Å²) in [5, 5.41) is 10.0. The van der Waals surface area contributed by atoms with Crippen molar-refractivity contribution in [2.75, 3.05) is 12.3 Å². The smallest absolute Gasteiger partial charge is 0.312 e. The Bertz CT molecular complexity index is 975. The highest BCUT2D eigenvalue weighted by atomic mass is 19.1. The van der Waals surface area contributed by atoms with Crippen LogP contribution in [0.3, 0.4) is 0 Å². The van der Waals surface area contributed by atoms with Crippen LogP contribution in [-0.2, 0) is 14.3 Å². The Balaban J connectivity index is 1.40. The second-order valence-corrected chi connectivity index (χ2v) is 9.14. The van der Waals surface area contributed by atoms with Crippen LogP contribution in [-0.4, -0.2) is 48.9 Å². The van der Waals surface area contributed by atoms with Crippen LogP contribution in [0.2, 0.25) is 0 Å². The number of hydrogen-bond donors (Lipinski definition) is 2. The first kappa shape index (κ1) is 19.6. The second-order valence-electron chi connectivity index (χ2n) is 9.14. The van der Waals surface area contributed by atoms with Crippen molar-refractivity contribution in [2.45, 2.75) is 69.8 Å². The molecule has 162 valence electrons. The number of imidazole rings is 1. The molecule has 4 aliphatic rings. The van der Waals surface area contributed by atoms with Crippen molar-refractivity contribution in [1.82, 2.24) is 19.5 Å². The summed E-state index contributed by atoms with van der Waals surface area (Å²) in [4.78, 5) is 24.6. The fourth-order valence-corrected chi connectivity index (χ4v) is 5.28. The standard InChI is InChI=1S/C20H26FN5O4/c1-19(9-27)12(29-17(28)20-5-2-11(3-6-20)4-7-20)8-13(30-19)26-10-23-14-15(22)24-18(21)25-16(14)26/h10-13,27H,2-9H2,1H3,(H2,22,24,25)/t11?,12-,13+,19+,20?/m0/s1. The molecule has 1 saturated heterocycles. The third-order valence-electron chi connectivity index (χ3n) is 7.32. The number of ether oxygens (including phenoxy) is 2. The summed E-state index contributed by atoms with van der Waals surface area (Å²) < 4.78 is 27.3. The van der Waals surface area contributed by atoms with Crippen molar-refractivity contribution in [3.05, 3.63) is 12.4 Å². The fourth-order valence-electron chi connectivity index (χ4n) is 5.28. The minimum atomic E-state index is -1.09. The highest BCUT2D eigenvalue weighted by Gasteiger charge is 2.52. The van der Waals surface area contributed by atoms with Gasteiger partial charge in [-0.15, -0.1) is 0 Å². The number of aromatic nitrogens is 4. The largest absolute Gasteiger partial charge is 0.459 e. The van der Waals surface area contributed by atoms with Crippen molar-refractivity contribution in [2.24, 2.45) is 11.3 Å². The van der Waals surface area contributed by atoms with Crippen molar-refractivity contribution in [3.8, 4) is 0 Å². The lowest BCUT2D eigenvalue weighted by atomic mass is 9.61. The molecule has 3 aliphatic carbocycles. The van der Waals surface area contributed by atoms with E-state index >= 15 is 0 Å². The minimum absolute atomic E-state index is 0.0610. The Morgan fingerprint density at radius 2 is 2.07 bits per heavy atom. The average molecular weight is 419 g/mol. The van der Waals surface area contributed by atoms with Gasteiger partial charge in [0.05, 0.1) is 18.3 Å². The van der Waals surface area contributed by atoms with E-state index in [1.165, 1.54) is 6.33 Å². The molecule has 10 heteroatoms. The van der Waals surface area contributed by atoms with E-state index in [1.54, 1.807) is 11.5 Å². The van der Waals surface area contributed by atoms with E-state index < -0.39 is 29.4 Å². The molecule has 2 aromatic rings. The van der Waals surface area contributed by atoms with Gasteiger partial charge in [0.15, 0.2) is 17.0 Å². The second kappa shape index (κ2) is 6.84. The van der Waals surface area contributed by atoms with E-state index in [4.69, 9.17) is 15.2 Å². The Labute approximate surface area is 172 Å². The molecule has 3 heterocycles. The maximum atomic E-state index is 13.7. The molecule has 3 N–H and O–H groups in total. The van der Waals surface area contributed by atoms with Crippen molar-refractivity contribution in [3.63, 3.8) is 0 Å². The van der Waals surface area contributed by atoms with Gasteiger partial charge in [-0.05, 0) is 51.4 Å². The zero-order chi connectivity index (χ0) is 21.1. The first-order valence-electron chi connectivity index (χ1n) is 10.5. The SMILES string of the molecule is C[C@]1(CO)O[C@@H](n2cnc3c(N)nc(F)nc32)C[C@@H]1OC(=O)C12CCC(CC1)CC2. The number of halogens is 1. The first-order valence-corrected chi connectivity index (χ1v) is 10.5. The molecule has 3 saturated carbocycles. The highest BCUT2D eigenvalue weighted by molar-refractivity contribution is 5.81. The van der Waals surface area contributed by atoms with Gasteiger partial charge in [0.1, 0.15) is 17.9 Å². The van der Waals surface area contributed by atoms with Gasteiger partial charge >= 0.3 is 12.0 Å². The summed E-state index contributed by atoms with van der Waals surface area (Å²) in [6.07, 6.45) is 5.31. The molecular weight excluding hydrogens is 393 g/mol. The maximum Gasteiger partial charge on any atom is 0.312 e. The fraction of sp³-hybridized carbons (Fsp3) is 0.700. The van der Waals surface area contributed by atoms with Crippen LogP contribution in [0.1, 0.15) is 58.1 Å². The minimum Gasteiger partial charge on any atom is -0.459 e. The van der Waals surface area contributed by atoms with Gasteiger partial charge in [-0.2, -0.15) is 14.4 Å². The van der Waals surface area contributed by atoms with Gasteiger partial charge in [-0.3, -0.25) is 9.36 Å². The number of carbonyl (C=O) groups excluding carboxylic acids is 1. The molecule has 0 spiro atoms. The van der Waals surface area contributed by atoms with Crippen LogP contribution in [0.5, 0.6) is 0 Å². The third-order valence-corrected chi connectivity index (χ3v) is 7.32. The van der Waals surface area contributed by atoms with Gasteiger partial charge in [0.25, 0.3) is 0 Å². The Kier molecular flexibility index (Phi) is 4.48. The number of nitrogens with two attached hydrogens (primary N) is 1. The molecule has 2 bridgehead atoms. The number of hydrogen-bond acceptors (Lipinski definition) is 8. The molecule has 30 heavy (non-hydrogen) atoms. The van der Waals surface area contributed by atoms with Crippen molar-refractivity contribution in [1.29, 1.82) is 0 Å². The maximum absolute atomic E-state index is 13.7. The summed E-state index contributed by atoms with van der Waals surface area (Å²) >= 11 is 0. The van der Waals surface area contributed by atoms with Crippen LogP contribution in [0, 0.1) is 17.4 Å². The Hall–Kier alpha value is -2.33. The molecule has 0 unspecified atom stereocenters. The summed E-state index contributed by atoms with van der Waals surface area (Å²) in [6, 6.07) is 0. The number of nitrogens with zero attached hydrogens (tertiary/aromatic N) is 4. The summed E-state index contributed by atoms with van der Waals surface area (Å²) in [6.45, 7) is 1.39. The predicted molar refractivity (Wildman–Crippen MR) is 103 cm³/mol. The topological polar surface area (TPSA) is 125 Å². The molecule has 0 aromatic carbocycles. The van der Waals surface area contributed by atoms with Crippen molar-refractivity contribution < 1.29 is 23.8 Å². The summed E-state index contributed by atoms with van der Waals surface area (Å²) in [7, 11) is 0.